The van der Waals surface area contributed by atoms with E-state index in [1.54, 1.807) is 43.3 Å². The van der Waals surface area contributed by atoms with Crippen LogP contribution < -0.4 is 33.1 Å². The van der Waals surface area contributed by atoms with E-state index in [0.29, 0.717) is 5.75 Å². The van der Waals surface area contributed by atoms with Gasteiger partial charge in [-0.3, -0.25) is 4.72 Å². The van der Waals surface area contributed by atoms with Gasteiger partial charge < -0.3 is 28.4 Å². The number of benzene rings is 1. The Bertz CT molecular complexity index is 2020. The van der Waals surface area contributed by atoms with Crippen molar-refractivity contribution >= 4 is 15.8 Å². The monoisotopic (exact) mass is 672 g/mol. The molecule has 1 N–H and O–H groups in total. The summed E-state index contributed by atoms with van der Waals surface area (Å²) in [5, 5.41) is -0.251. The fourth-order valence-corrected chi connectivity index (χ4v) is 4.71. The highest BCUT2D eigenvalue weighted by molar-refractivity contribution is 7.92. The Morgan fingerprint density at radius 2 is 1.44 bits per heavy atom. The molecule has 4 heterocycles. The quantitative estimate of drug-likeness (QED) is 0.179. The van der Waals surface area contributed by atoms with Crippen molar-refractivity contribution in [3.05, 3.63) is 72.7 Å². The highest BCUT2D eigenvalue weighted by atomic mass is 32.2. The Morgan fingerprint density at radius 3 is 2.08 bits per heavy atom. The number of pyridine rings is 1. The number of para-hydroxylation sites is 2. The zero-order chi connectivity index (χ0) is 33.9. The van der Waals surface area contributed by atoms with E-state index in [1.807, 2.05) is 0 Å². The molecule has 5 aromatic rings. The molecule has 0 unspecified atom stereocenters. The number of nitrogens with zero attached hydrogens (tertiary/aromatic N) is 7. The first-order valence-corrected chi connectivity index (χ1v) is 15.4. The molecule has 17 heteroatoms. The first-order chi connectivity index (χ1) is 23.3. The summed E-state index contributed by atoms with van der Waals surface area (Å²) in [6, 6.07) is 12.8. The second-order valence-corrected chi connectivity index (χ2v) is 10.9. The highest BCUT2D eigenvalue weighted by Crippen LogP contribution is 2.41. The van der Waals surface area contributed by atoms with Gasteiger partial charge in [-0.25, -0.2) is 19.9 Å². The van der Waals surface area contributed by atoms with E-state index in [9.17, 15) is 8.42 Å². The summed E-state index contributed by atoms with van der Waals surface area (Å²) in [4.78, 5) is 29.5. The number of anilines is 1. The van der Waals surface area contributed by atoms with Crippen LogP contribution in [0.2, 0.25) is 0 Å². The minimum Gasteiger partial charge on any atom is -0.493 e. The average Bonchev–Trinajstić information content (AvgIpc) is 3.11. The predicted molar refractivity (Wildman–Crippen MR) is 170 cm³/mol. The second kappa shape index (κ2) is 15.3. The van der Waals surface area contributed by atoms with Crippen LogP contribution in [0.1, 0.15) is 5.56 Å². The van der Waals surface area contributed by atoms with Crippen molar-refractivity contribution < 1.29 is 36.8 Å². The third-order valence-electron chi connectivity index (χ3n) is 6.03. The number of hydrogen-bond donors (Lipinski definition) is 1. The van der Waals surface area contributed by atoms with E-state index in [1.165, 1.54) is 52.1 Å². The lowest BCUT2D eigenvalue weighted by Gasteiger charge is -2.17. The van der Waals surface area contributed by atoms with Gasteiger partial charge in [-0.1, -0.05) is 30.0 Å². The van der Waals surface area contributed by atoms with Gasteiger partial charge in [0, 0.05) is 18.6 Å². The molecule has 0 aliphatic carbocycles. The number of methoxy groups -OCH3 is 3. The summed E-state index contributed by atoms with van der Waals surface area (Å²) in [6.45, 7) is 1.45. The normalized spacial score (nSPS) is 10.7. The van der Waals surface area contributed by atoms with Crippen molar-refractivity contribution in [1.82, 2.24) is 34.9 Å². The number of sulfonamides is 1. The Labute approximate surface area is 275 Å². The van der Waals surface area contributed by atoms with Crippen molar-refractivity contribution in [3.63, 3.8) is 0 Å². The molecule has 48 heavy (non-hydrogen) atoms. The first-order valence-electron chi connectivity index (χ1n) is 13.9. The van der Waals surface area contributed by atoms with E-state index < -0.39 is 10.0 Å². The summed E-state index contributed by atoms with van der Waals surface area (Å²) in [6.07, 6.45) is 4.40. The molecule has 5 rings (SSSR count). The zero-order valence-electron chi connectivity index (χ0n) is 26.1. The molecule has 0 aliphatic rings. The molecule has 246 valence electrons. The maximum Gasteiger partial charge on any atom is 0.324 e. The molecule has 0 fully saturated rings. The average molecular weight is 673 g/mol. The fourth-order valence-electron chi connectivity index (χ4n) is 3.77. The number of aromatic nitrogens is 7. The van der Waals surface area contributed by atoms with Crippen LogP contribution >= 0.6 is 0 Å². The lowest BCUT2D eigenvalue weighted by molar-refractivity contribution is 0.307. The molecule has 0 radical (unpaired) electrons. The van der Waals surface area contributed by atoms with Gasteiger partial charge in [-0.2, -0.15) is 23.4 Å². The highest BCUT2D eigenvalue weighted by Gasteiger charge is 2.26. The molecule has 0 aliphatic heterocycles. The fraction of sp³-hybridized carbons (Fsp3) is 0.194. The van der Waals surface area contributed by atoms with Gasteiger partial charge in [0.15, 0.2) is 41.4 Å². The Balaban J connectivity index is 1.49. The maximum atomic E-state index is 13.5. The Morgan fingerprint density at radius 1 is 0.750 bits per heavy atom. The molecular formula is C31H28N8O8S. The van der Waals surface area contributed by atoms with Crippen molar-refractivity contribution in [2.75, 3.05) is 39.3 Å². The van der Waals surface area contributed by atoms with E-state index >= 15 is 0 Å². The van der Waals surface area contributed by atoms with Crippen LogP contribution in [-0.2, 0) is 10.0 Å². The number of aryl methyl sites for hydroxylation is 1. The molecule has 0 saturated heterocycles. The maximum absolute atomic E-state index is 13.5. The smallest absolute Gasteiger partial charge is 0.324 e. The molecule has 0 spiro atoms. The van der Waals surface area contributed by atoms with Crippen molar-refractivity contribution in [3.8, 4) is 64.4 Å². The van der Waals surface area contributed by atoms with E-state index in [4.69, 9.17) is 28.4 Å². The number of hydrogen-bond acceptors (Lipinski definition) is 15. The third kappa shape index (κ3) is 8.30. The van der Waals surface area contributed by atoms with Crippen molar-refractivity contribution in [2.45, 2.75) is 11.9 Å². The first kappa shape index (κ1) is 33.1. The van der Waals surface area contributed by atoms with Crippen LogP contribution in [-0.4, -0.2) is 77.8 Å². The van der Waals surface area contributed by atoms with E-state index in [-0.39, 0.29) is 70.9 Å². The van der Waals surface area contributed by atoms with Gasteiger partial charge >= 0.3 is 6.01 Å². The molecule has 16 nitrogen and oxygen atoms in total. The van der Waals surface area contributed by atoms with E-state index in [0.717, 1.165) is 5.56 Å². The lowest BCUT2D eigenvalue weighted by atomic mass is 10.3. The molecule has 0 bridgehead atoms. The minimum absolute atomic E-state index is 0.00258. The molecule has 4 aromatic heterocycles. The van der Waals surface area contributed by atoms with Gasteiger partial charge in [0.25, 0.3) is 15.9 Å². The minimum atomic E-state index is -4.28. The molecular weight excluding hydrogens is 644 g/mol. The number of ether oxygens (including phenoxy) is 6. The summed E-state index contributed by atoms with van der Waals surface area (Å²) < 4.78 is 62.6. The standard InChI is InChI=1S/C31H28N8O8S/c1-20-12-13-25(34-19-20)48(40,41)39-27-26(47-22-11-6-5-10-21(22)42-2)30(38-29(37-27)28-32-14-9-15-33-28)45-16-7-8-17-46-31-35-23(43-3)18-24(36-31)44-4/h5-6,9-15,18-19H,16-17H2,1-4H3,(H,37,38,39). The third-order valence-corrected chi connectivity index (χ3v) is 7.28. The van der Waals surface area contributed by atoms with Crippen LogP contribution in [0, 0.1) is 18.8 Å². The Kier molecular flexibility index (Phi) is 10.6. The van der Waals surface area contributed by atoms with Crippen LogP contribution in [0.5, 0.6) is 40.9 Å². The Hall–Kier alpha value is -6.28. The predicted octanol–water partition coefficient (Wildman–Crippen LogP) is 3.51. The molecule has 0 atom stereocenters. The van der Waals surface area contributed by atoms with Crippen molar-refractivity contribution in [2.24, 2.45) is 0 Å². The lowest BCUT2D eigenvalue weighted by Crippen LogP contribution is -2.17. The second-order valence-electron chi connectivity index (χ2n) is 9.30. The largest absolute Gasteiger partial charge is 0.493 e. The van der Waals surface area contributed by atoms with Crippen LogP contribution in [0.15, 0.2) is 72.1 Å². The summed E-state index contributed by atoms with van der Waals surface area (Å²) >= 11 is 0. The molecule has 0 amide bonds. The summed E-state index contributed by atoms with van der Waals surface area (Å²) in [5.74, 6) is 6.04. The molecule has 1 aromatic carbocycles. The number of nitrogens with one attached hydrogen (secondary N) is 1. The zero-order valence-corrected chi connectivity index (χ0v) is 26.9. The SMILES string of the molecule is COc1cc(OC)nc(OCC#CCOc2nc(-c3ncccn3)nc(NS(=O)(=O)c3ccc(C)cn3)c2Oc2ccccc2OC)n1. The van der Waals surface area contributed by atoms with Crippen molar-refractivity contribution in [1.29, 1.82) is 0 Å². The van der Waals surface area contributed by atoms with Gasteiger partial charge in [0.2, 0.25) is 23.3 Å². The van der Waals surface area contributed by atoms with Gasteiger partial charge in [-0.05, 0) is 36.8 Å². The van der Waals surface area contributed by atoms with Crippen LogP contribution in [0.4, 0.5) is 5.82 Å². The van der Waals surface area contributed by atoms with Crippen LogP contribution in [0.25, 0.3) is 11.6 Å². The van der Waals surface area contributed by atoms with Crippen LogP contribution in [0.3, 0.4) is 0 Å². The van der Waals surface area contributed by atoms with Gasteiger partial charge in [0.05, 0.1) is 27.4 Å². The summed E-state index contributed by atoms with van der Waals surface area (Å²) in [7, 11) is 0.0850. The molecule has 0 saturated carbocycles. The van der Waals surface area contributed by atoms with E-state index in [2.05, 4.69) is 51.5 Å². The van der Waals surface area contributed by atoms with Gasteiger partial charge in [0.1, 0.15) is 0 Å². The number of rotatable bonds is 13. The summed E-state index contributed by atoms with van der Waals surface area (Å²) in [5.41, 5.74) is 0.776. The topological polar surface area (TPSA) is 192 Å². The van der Waals surface area contributed by atoms with Gasteiger partial charge in [-0.15, -0.1) is 0 Å².